The normalized spacial score (nSPS) is 36.0. The van der Waals surface area contributed by atoms with E-state index in [1.807, 2.05) is 0 Å². The number of hydroxylamine groups is 2. The number of aliphatic hydroxyl groups is 1. The molecule has 4 aliphatic rings. The maximum Gasteiger partial charge on any atom is 0.338 e. The molecule has 1 spiro atoms. The molecule has 0 bridgehead atoms. The number of ether oxygens (including phenoxy) is 2. The molecule has 3 saturated heterocycles. The minimum Gasteiger partial charge on any atom is -0.459 e. The van der Waals surface area contributed by atoms with Gasteiger partial charge in [-0.3, -0.25) is 10.0 Å². The van der Waals surface area contributed by atoms with Gasteiger partial charge in [-0.15, -0.1) is 0 Å². The van der Waals surface area contributed by atoms with Crippen LogP contribution in [-0.4, -0.2) is 86.5 Å². The van der Waals surface area contributed by atoms with E-state index in [4.69, 9.17) is 22.4 Å². The number of benzene rings is 1. The summed E-state index contributed by atoms with van der Waals surface area (Å²) >= 11 is 0. The van der Waals surface area contributed by atoms with Crippen LogP contribution in [0.5, 0.6) is 0 Å². The summed E-state index contributed by atoms with van der Waals surface area (Å²) in [7, 11) is -6.31. The van der Waals surface area contributed by atoms with Crippen molar-refractivity contribution < 1.29 is 42.3 Å². The summed E-state index contributed by atoms with van der Waals surface area (Å²) in [5.74, 6) is -1.03. The lowest BCUT2D eigenvalue weighted by molar-refractivity contribution is -0.278. The third-order valence-corrected chi connectivity index (χ3v) is 19.6. The number of epoxide rings is 1. The van der Waals surface area contributed by atoms with E-state index in [9.17, 15) is 19.9 Å². The van der Waals surface area contributed by atoms with E-state index in [1.165, 1.54) is 0 Å². The third kappa shape index (κ3) is 4.09. The molecular weight excluding hydrogens is 550 g/mol. The van der Waals surface area contributed by atoms with Gasteiger partial charge in [-0.2, -0.15) is 0 Å². The first-order valence-corrected chi connectivity index (χ1v) is 18.3. The van der Waals surface area contributed by atoms with E-state index in [1.54, 1.807) is 30.3 Å². The first-order valence-electron chi connectivity index (χ1n) is 14.3. The Bertz CT molecular complexity index is 1130. The Morgan fingerprint density at radius 2 is 1.45 bits per heavy atom. The Kier molecular flexibility index (Phi) is 7.44. The van der Waals surface area contributed by atoms with Gasteiger partial charge in [0.15, 0.2) is 5.60 Å². The molecule has 2 N–H and O–H groups in total. The van der Waals surface area contributed by atoms with Gasteiger partial charge < -0.3 is 27.5 Å². The molecule has 1 amide bonds. The average molecular weight is 594 g/mol. The molecule has 6 atom stereocenters. The third-order valence-electron chi connectivity index (χ3n) is 9.41. The molecule has 10 nitrogen and oxygen atoms in total. The highest BCUT2D eigenvalue weighted by Crippen LogP contribution is 2.61. The fourth-order valence-electron chi connectivity index (χ4n) is 7.07. The fourth-order valence-corrected chi connectivity index (χ4v) is 18.4. The summed E-state index contributed by atoms with van der Waals surface area (Å²) in [4.78, 5) is 25.5. The molecule has 1 aromatic carbocycles. The van der Waals surface area contributed by atoms with Crippen molar-refractivity contribution in [2.75, 3.05) is 6.61 Å². The highest BCUT2D eigenvalue weighted by molar-refractivity contribution is 6.84. The molecule has 1 aliphatic carbocycles. The zero-order valence-corrected chi connectivity index (χ0v) is 26.6. The average Bonchev–Trinajstić information content (AvgIpc) is 3.73. The van der Waals surface area contributed by atoms with Crippen LogP contribution >= 0.6 is 0 Å². The second-order valence-electron chi connectivity index (χ2n) is 13.0. The topological polar surface area (TPSA) is 127 Å². The quantitative estimate of drug-likeness (QED) is 0.158. The largest absolute Gasteiger partial charge is 0.459 e. The van der Waals surface area contributed by atoms with Gasteiger partial charge in [0.25, 0.3) is 0 Å². The summed E-state index contributed by atoms with van der Waals surface area (Å²) in [6, 6.07) is 8.57. The summed E-state index contributed by atoms with van der Waals surface area (Å²) in [6.45, 7) is 16.2. The molecular formula is C28H43NO9Si2. The Labute approximate surface area is 238 Å². The number of esters is 1. The van der Waals surface area contributed by atoms with Crippen molar-refractivity contribution in [3.8, 4) is 0 Å². The number of carbonyl (C=O) groups is 2. The molecule has 1 saturated carbocycles. The smallest absolute Gasteiger partial charge is 0.338 e. The molecule has 1 aromatic rings. The van der Waals surface area contributed by atoms with Gasteiger partial charge in [-0.25, -0.2) is 9.86 Å². The molecule has 4 fully saturated rings. The highest BCUT2D eigenvalue weighted by atomic mass is 28.5. The number of nitrogens with zero attached hydrogens (tertiary/aromatic N) is 1. The minimum absolute atomic E-state index is 0.000965. The number of hydrogen-bond donors (Lipinski definition) is 2. The Hall–Kier alpha value is -1.65. The van der Waals surface area contributed by atoms with E-state index < -0.39 is 71.2 Å². The number of rotatable bonds is 7. The van der Waals surface area contributed by atoms with Crippen LogP contribution in [0.3, 0.4) is 0 Å². The Morgan fingerprint density at radius 3 is 1.93 bits per heavy atom. The molecule has 6 unspecified atom stereocenters. The first-order chi connectivity index (χ1) is 18.7. The highest BCUT2D eigenvalue weighted by Gasteiger charge is 2.83. The van der Waals surface area contributed by atoms with Crippen molar-refractivity contribution in [3.63, 3.8) is 0 Å². The summed E-state index contributed by atoms with van der Waals surface area (Å²) in [5.41, 5.74) is -2.70. The number of carbonyl (C=O) groups excluding carboxylic acids is 2. The fraction of sp³-hybridized carbons (Fsp3) is 0.714. The lowest BCUT2D eigenvalue weighted by Crippen LogP contribution is -2.81. The second-order valence-corrected chi connectivity index (χ2v) is 21.8. The molecule has 12 heteroatoms. The van der Waals surface area contributed by atoms with Crippen LogP contribution in [0.2, 0.25) is 22.2 Å². The predicted octanol–water partition coefficient (Wildman–Crippen LogP) is 4.04. The van der Waals surface area contributed by atoms with Crippen LogP contribution < -0.4 is 0 Å². The zero-order chi connectivity index (χ0) is 29.4. The van der Waals surface area contributed by atoms with Crippen molar-refractivity contribution in [1.82, 2.24) is 5.06 Å². The molecule has 222 valence electrons. The van der Waals surface area contributed by atoms with E-state index in [0.717, 1.165) is 0 Å². The van der Waals surface area contributed by atoms with Crippen molar-refractivity contribution in [2.24, 2.45) is 0 Å². The van der Waals surface area contributed by atoms with Gasteiger partial charge in [0.05, 0.1) is 12.0 Å². The molecule has 40 heavy (non-hydrogen) atoms. The number of fused-ring (bicyclic) bond motifs is 4. The van der Waals surface area contributed by atoms with Crippen LogP contribution in [0.4, 0.5) is 0 Å². The zero-order valence-electron chi connectivity index (χ0n) is 24.6. The molecule has 5 rings (SSSR count). The van der Waals surface area contributed by atoms with E-state index in [-0.39, 0.29) is 28.6 Å². The van der Waals surface area contributed by atoms with Crippen molar-refractivity contribution in [1.29, 1.82) is 0 Å². The van der Waals surface area contributed by atoms with E-state index in [2.05, 4.69) is 55.4 Å². The number of hydrogen-bond acceptors (Lipinski definition) is 9. The molecule has 3 heterocycles. The van der Waals surface area contributed by atoms with Gasteiger partial charge in [0, 0.05) is 0 Å². The van der Waals surface area contributed by atoms with Gasteiger partial charge in [-0.05, 0) is 34.3 Å². The monoisotopic (exact) mass is 593 g/mol. The van der Waals surface area contributed by atoms with Crippen LogP contribution in [-0.2, 0) is 27.2 Å². The van der Waals surface area contributed by atoms with Crippen molar-refractivity contribution in [2.45, 2.75) is 120 Å². The van der Waals surface area contributed by atoms with Crippen LogP contribution in [0, 0.1) is 0 Å². The lowest BCUT2D eigenvalue weighted by atomic mass is 9.65. The number of amides is 1. The van der Waals surface area contributed by atoms with Crippen molar-refractivity contribution >= 4 is 29.0 Å². The maximum atomic E-state index is 12.9. The maximum absolute atomic E-state index is 12.9. The number of β-lactam (4-membered cyclic amide) rings is 1. The van der Waals surface area contributed by atoms with Gasteiger partial charge >= 0.3 is 23.1 Å². The lowest BCUT2D eigenvalue weighted by Gasteiger charge is -2.58. The summed E-state index contributed by atoms with van der Waals surface area (Å²) in [6.07, 6.45) is -3.58. The first kappa shape index (κ1) is 29.8. The Morgan fingerprint density at radius 1 is 0.925 bits per heavy atom. The van der Waals surface area contributed by atoms with E-state index in [0.29, 0.717) is 10.6 Å². The van der Waals surface area contributed by atoms with Crippen LogP contribution in [0.1, 0.15) is 72.2 Å². The van der Waals surface area contributed by atoms with Crippen molar-refractivity contribution in [3.05, 3.63) is 35.9 Å². The summed E-state index contributed by atoms with van der Waals surface area (Å²) < 4.78 is 33.3. The minimum atomic E-state index is -3.17. The Balaban J connectivity index is 1.63. The molecule has 3 aliphatic heterocycles. The van der Waals surface area contributed by atoms with Crippen LogP contribution in [0.25, 0.3) is 0 Å². The van der Waals surface area contributed by atoms with Gasteiger partial charge in [-0.1, -0.05) is 73.6 Å². The standard InChI is InChI=1S/C28H43NO9Si2/c1-16(2)39(17(3)4)36-23-25(37-40(38-39,18(5)6)19(7)8)28(32,15-34-26(31)20-12-10-9-11-13-20)24-22(35-24)27(23)14-21(30)29(27)33/h9-13,16-19,22-25,32-33H,14-15H2,1-8H3. The van der Waals surface area contributed by atoms with Gasteiger partial charge in [0.2, 0.25) is 5.91 Å². The predicted molar refractivity (Wildman–Crippen MR) is 149 cm³/mol. The van der Waals surface area contributed by atoms with Crippen LogP contribution in [0.15, 0.2) is 30.3 Å². The van der Waals surface area contributed by atoms with E-state index >= 15 is 0 Å². The molecule has 0 aromatic heterocycles. The second kappa shape index (κ2) is 9.97. The van der Waals surface area contributed by atoms with Gasteiger partial charge in [0.1, 0.15) is 36.6 Å². The molecule has 0 radical (unpaired) electrons. The summed E-state index contributed by atoms with van der Waals surface area (Å²) in [5, 5.41) is 24.2. The SMILES string of the molecule is CC(C)[Si]1(C(C)C)OC2C(O[Si](C(C)C)(C(C)C)O1)C1(CC(=O)N1O)C1OC1C2(O)COC(=O)c1ccccc1.